The van der Waals surface area contributed by atoms with Crippen LogP contribution in [-0.2, 0) is 19.4 Å². The van der Waals surface area contributed by atoms with Gasteiger partial charge >= 0.3 is 0 Å². The molecule has 0 bridgehead atoms. The second-order valence-electron chi connectivity index (χ2n) is 8.17. The van der Waals surface area contributed by atoms with Crippen LogP contribution in [0.4, 0.5) is 0 Å². The molecule has 0 radical (unpaired) electrons. The van der Waals surface area contributed by atoms with Gasteiger partial charge in [0, 0.05) is 17.4 Å². The molecule has 2 heterocycles. The van der Waals surface area contributed by atoms with Gasteiger partial charge in [-0.1, -0.05) is 0 Å². The molecular formula is C25H28NO4+. The van der Waals surface area contributed by atoms with Crippen LogP contribution in [0.15, 0.2) is 30.5 Å². The normalized spacial score (nSPS) is 14.8. The van der Waals surface area contributed by atoms with Gasteiger partial charge in [0.1, 0.15) is 0 Å². The van der Waals surface area contributed by atoms with E-state index in [4.69, 9.17) is 18.9 Å². The average Bonchev–Trinajstić information content (AvgIpc) is 3.60. The number of pyridine rings is 1. The zero-order valence-corrected chi connectivity index (χ0v) is 18.1. The van der Waals surface area contributed by atoms with E-state index in [1.54, 1.807) is 28.4 Å². The standard InChI is InChI=1S/C25H28NO4/c1-27-21-8-7-17-19(11-15-5-6-15)24-18-13-23(29-3)22(28-2)12-16(18)9-10-26(24)14-20(17)25(21)30-4/h7-8,12-15H,5-6,9-11H2,1-4H3/q+1. The highest BCUT2D eigenvalue weighted by Gasteiger charge is 2.34. The number of methoxy groups -OCH3 is 4. The molecule has 2 aromatic carbocycles. The highest BCUT2D eigenvalue weighted by Crippen LogP contribution is 2.44. The summed E-state index contributed by atoms with van der Waals surface area (Å²) in [7, 11) is 6.80. The van der Waals surface area contributed by atoms with Gasteiger partial charge < -0.3 is 18.9 Å². The number of hydrogen-bond donors (Lipinski definition) is 0. The van der Waals surface area contributed by atoms with E-state index >= 15 is 0 Å². The van der Waals surface area contributed by atoms with E-state index in [0.29, 0.717) is 0 Å². The number of hydrogen-bond acceptors (Lipinski definition) is 4. The Labute approximate surface area is 177 Å². The Hall–Kier alpha value is -2.95. The lowest BCUT2D eigenvalue weighted by Crippen LogP contribution is -2.41. The lowest BCUT2D eigenvalue weighted by Gasteiger charge is -2.22. The first-order chi connectivity index (χ1) is 14.7. The van der Waals surface area contributed by atoms with Crippen molar-refractivity contribution in [1.29, 1.82) is 0 Å². The number of benzene rings is 2. The van der Waals surface area contributed by atoms with Crippen LogP contribution >= 0.6 is 0 Å². The predicted octanol–water partition coefficient (Wildman–Crippen LogP) is 4.34. The second kappa shape index (κ2) is 7.38. The molecule has 0 N–H and O–H groups in total. The van der Waals surface area contributed by atoms with Crippen LogP contribution in [0.25, 0.3) is 22.0 Å². The van der Waals surface area contributed by atoms with Crippen LogP contribution in [0, 0.1) is 5.92 Å². The van der Waals surface area contributed by atoms with Crippen molar-refractivity contribution in [2.75, 3.05) is 28.4 Å². The fraction of sp³-hybridized carbons (Fsp3) is 0.400. The van der Waals surface area contributed by atoms with Crippen LogP contribution in [0.5, 0.6) is 23.0 Å². The van der Waals surface area contributed by atoms with E-state index in [9.17, 15) is 0 Å². The maximum Gasteiger partial charge on any atom is 0.216 e. The highest BCUT2D eigenvalue weighted by molar-refractivity contribution is 5.95. The van der Waals surface area contributed by atoms with Gasteiger partial charge in [-0.3, -0.25) is 0 Å². The molecule has 1 saturated carbocycles. The third-order valence-electron chi connectivity index (χ3n) is 6.44. The molecule has 0 saturated heterocycles. The molecule has 3 aromatic rings. The molecule has 156 valence electrons. The fourth-order valence-electron chi connectivity index (χ4n) is 4.76. The topological polar surface area (TPSA) is 40.8 Å². The van der Waals surface area contributed by atoms with Crippen molar-refractivity contribution in [1.82, 2.24) is 0 Å². The van der Waals surface area contributed by atoms with Gasteiger partial charge in [0.25, 0.3) is 0 Å². The van der Waals surface area contributed by atoms with Crippen molar-refractivity contribution >= 4 is 10.8 Å². The Morgan fingerprint density at radius 1 is 0.867 bits per heavy atom. The summed E-state index contributed by atoms with van der Waals surface area (Å²) >= 11 is 0. The Balaban J connectivity index is 1.82. The second-order valence-corrected chi connectivity index (χ2v) is 8.17. The SMILES string of the molecule is COc1cc2c(cc1OC)-c1c(CC3CC3)c3ccc(OC)c(OC)c3c[n+]1CC2. The molecular weight excluding hydrogens is 378 g/mol. The molecule has 1 aromatic heterocycles. The van der Waals surface area contributed by atoms with Crippen molar-refractivity contribution in [3.8, 4) is 34.3 Å². The van der Waals surface area contributed by atoms with Crippen LogP contribution in [-0.4, -0.2) is 28.4 Å². The molecule has 0 spiro atoms. The number of aryl methyl sites for hydroxylation is 2. The van der Waals surface area contributed by atoms with Crippen LogP contribution < -0.4 is 23.5 Å². The zero-order valence-electron chi connectivity index (χ0n) is 18.1. The Kier molecular flexibility index (Phi) is 4.69. The van der Waals surface area contributed by atoms with Crippen LogP contribution in [0.1, 0.15) is 24.0 Å². The fourth-order valence-corrected chi connectivity index (χ4v) is 4.76. The quantitative estimate of drug-likeness (QED) is 0.571. The predicted molar refractivity (Wildman–Crippen MR) is 116 cm³/mol. The highest BCUT2D eigenvalue weighted by atomic mass is 16.5. The summed E-state index contributed by atoms with van der Waals surface area (Å²) in [5.41, 5.74) is 5.24. The first-order valence-corrected chi connectivity index (χ1v) is 10.5. The molecule has 1 aliphatic carbocycles. The zero-order chi connectivity index (χ0) is 20.8. The first-order valence-electron chi connectivity index (χ1n) is 10.5. The molecule has 5 rings (SSSR count). The van der Waals surface area contributed by atoms with Crippen LogP contribution in [0.2, 0.25) is 0 Å². The third kappa shape index (κ3) is 2.95. The van der Waals surface area contributed by atoms with Crippen molar-refractivity contribution in [3.63, 3.8) is 0 Å². The van der Waals surface area contributed by atoms with E-state index in [0.717, 1.165) is 53.7 Å². The minimum Gasteiger partial charge on any atom is -0.493 e. The van der Waals surface area contributed by atoms with E-state index in [1.807, 2.05) is 6.07 Å². The summed E-state index contributed by atoms with van der Waals surface area (Å²) in [5, 5.41) is 2.36. The molecule has 0 unspecified atom stereocenters. The number of aromatic nitrogens is 1. The summed E-state index contributed by atoms with van der Waals surface area (Å²) in [5.74, 6) is 3.90. The monoisotopic (exact) mass is 406 g/mol. The van der Waals surface area contributed by atoms with E-state index in [1.165, 1.54) is 40.6 Å². The lowest BCUT2D eigenvalue weighted by molar-refractivity contribution is -0.686. The van der Waals surface area contributed by atoms with Crippen molar-refractivity contribution in [2.45, 2.75) is 32.2 Å². The lowest BCUT2D eigenvalue weighted by atomic mass is 9.89. The minimum absolute atomic E-state index is 0.763. The molecule has 30 heavy (non-hydrogen) atoms. The van der Waals surface area contributed by atoms with Crippen molar-refractivity contribution in [2.24, 2.45) is 5.92 Å². The molecule has 5 nitrogen and oxygen atoms in total. The van der Waals surface area contributed by atoms with E-state index < -0.39 is 0 Å². The molecule has 0 atom stereocenters. The van der Waals surface area contributed by atoms with Gasteiger partial charge in [-0.2, -0.15) is 4.57 Å². The van der Waals surface area contributed by atoms with Gasteiger partial charge in [0.15, 0.2) is 35.7 Å². The van der Waals surface area contributed by atoms with Gasteiger partial charge in [-0.25, -0.2) is 0 Å². The smallest absolute Gasteiger partial charge is 0.216 e. The van der Waals surface area contributed by atoms with Crippen molar-refractivity contribution < 1.29 is 23.5 Å². The van der Waals surface area contributed by atoms with Crippen molar-refractivity contribution in [3.05, 3.63) is 41.6 Å². The summed E-state index contributed by atoms with van der Waals surface area (Å²) in [6.45, 7) is 0.922. The number of rotatable bonds is 6. The summed E-state index contributed by atoms with van der Waals surface area (Å²) in [6.07, 6.45) is 6.87. The molecule has 5 heteroatoms. The average molecular weight is 407 g/mol. The number of fused-ring (bicyclic) bond motifs is 4. The summed E-state index contributed by atoms with van der Waals surface area (Å²) in [6, 6.07) is 8.48. The molecule has 0 amide bonds. The Morgan fingerprint density at radius 2 is 1.60 bits per heavy atom. The summed E-state index contributed by atoms with van der Waals surface area (Å²) < 4.78 is 24.9. The van der Waals surface area contributed by atoms with Crippen LogP contribution in [0.3, 0.4) is 0 Å². The number of ether oxygens (including phenoxy) is 4. The minimum atomic E-state index is 0.763. The molecule has 1 fully saturated rings. The van der Waals surface area contributed by atoms with Gasteiger partial charge in [-0.05, 0) is 55.0 Å². The first kappa shape index (κ1) is 19.0. The maximum atomic E-state index is 5.78. The molecule has 1 aliphatic heterocycles. The van der Waals surface area contributed by atoms with Gasteiger partial charge in [-0.15, -0.1) is 0 Å². The van der Waals surface area contributed by atoms with Gasteiger partial charge in [0.2, 0.25) is 5.69 Å². The largest absolute Gasteiger partial charge is 0.493 e. The molecule has 2 aliphatic rings. The number of nitrogens with zero attached hydrogens (tertiary/aromatic N) is 1. The van der Waals surface area contributed by atoms with E-state index in [2.05, 4.69) is 29.0 Å². The maximum absolute atomic E-state index is 5.78. The summed E-state index contributed by atoms with van der Waals surface area (Å²) in [4.78, 5) is 0. The van der Waals surface area contributed by atoms with E-state index in [-0.39, 0.29) is 0 Å². The third-order valence-corrected chi connectivity index (χ3v) is 6.44. The Morgan fingerprint density at radius 3 is 2.27 bits per heavy atom. The van der Waals surface area contributed by atoms with Gasteiger partial charge in [0.05, 0.1) is 39.4 Å². The Bertz CT molecular complexity index is 1130.